The molecule has 0 aliphatic carbocycles. The standard InChI is InChI=1S/C30H44O7P2/c1-19-12-13-32-23(15-19)10-11-25(36-38)26-18-27-30(35-27)28(37-39)17-21(3)14-20(2)16-24-8-4-6-22(33-24)7-5-9-29(31)34-26/h4-6,9-12,20,22-28,30H,3,7-8,13-18,38-39H2,1-2H3/t20-,22-,23+,24-,25-,26-,27-,28?,30+/m0/s1. The lowest BCUT2D eigenvalue weighted by molar-refractivity contribution is -0.146. The van der Waals surface area contributed by atoms with Gasteiger partial charge in [-0.05, 0) is 51.4 Å². The van der Waals surface area contributed by atoms with E-state index in [1.54, 1.807) is 0 Å². The number of fused-ring (bicyclic) bond motifs is 3. The van der Waals surface area contributed by atoms with Crippen LogP contribution in [0.3, 0.4) is 0 Å². The first-order valence-corrected chi connectivity index (χ1v) is 15.0. The molecule has 4 aliphatic rings. The van der Waals surface area contributed by atoms with Crippen molar-refractivity contribution in [2.24, 2.45) is 5.92 Å². The molecule has 0 spiro atoms. The maximum absolute atomic E-state index is 12.9. The molecule has 0 N–H and O–H groups in total. The summed E-state index contributed by atoms with van der Waals surface area (Å²) in [6.45, 7) is 9.29. The molecule has 2 bridgehead atoms. The molecule has 9 heteroatoms. The van der Waals surface area contributed by atoms with E-state index in [0.29, 0.717) is 31.8 Å². The predicted molar refractivity (Wildman–Crippen MR) is 158 cm³/mol. The molecule has 4 heterocycles. The molecule has 0 aromatic heterocycles. The lowest BCUT2D eigenvalue weighted by atomic mass is 9.91. The second kappa shape index (κ2) is 15.2. The topological polar surface area (TPSA) is 75.8 Å². The summed E-state index contributed by atoms with van der Waals surface area (Å²) < 4.78 is 35.6. The minimum atomic E-state index is -0.548. The van der Waals surface area contributed by atoms with E-state index in [1.807, 2.05) is 18.2 Å². The molecular formula is C30H44O7P2. The average molecular weight is 579 g/mol. The van der Waals surface area contributed by atoms with Crippen molar-refractivity contribution >= 4 is 24.9 Å². The summed E-state index contributed by atoms with van der Waals surface area (Å²) in [7, 11) is 4.69. The van der Waals surface area contributed by atoms with E-state index < -0.39 is 18.2 Å². The van der Waals surface area contributed by atoms with E-state index in [9.17, 15) is 4.79 Å². The maximum atomic E-state index is 12.9. The summed E-state index contributed by atoms with van der Waals surface area (Å²) in [6.07, 6.45) is 17.7. The van der Waals surface area contributed by atoms with Crippen molar-refractivity contribution in [3.05, 3.63) is 60.3 Å². The van der Waals surface area contributed by atoms with Gasteiger partial charge in [0.1, 0.15) is 18.3 Å². The van der Waals surface area contributed by atoms with Crippen LogP contribution in [0.25, 0.3) is 0 Å². The first-order chi connectivity index (χ1) is 18.8. The number of ether oxygens (including phenoxy) is 4. The van der Waals surface area contributed by atoms with Crippen LogP contribution in [-0.2, 0) is 32.8 Å². The van der Waals surface area contributed by atoms with Crippen molar-refractivity contribution in [3.63, 3.8) is 0 Å². The van der Waals surface area contributed by atoms with E-state index in [2.05, 4.69) is 57.6 Å². The van der Waals surface area contributed by atoms with E-state index in [0.717, 1.165) is 31.3 Å². The van der Waals surface area contributed by atoms with E-state index in [4.69, 9.17) is 28.0 Å². The highest BCUT2D eigenvalue weighted by molar-refractivity contribution is 7.10. The molecule has 11 atom stereocenters. The van der Waals surface area contributed by atoms with Gasteiger partial charge in [0.25, 0.3) is 0 Å². The minimum absolute atomic E-state index is 0.0342. The lowest BCUT2D eigenvalue weighted by Gasteiger charge is -2.28. The van der Waals surface area contributed by atoms with Crippen LogP contribution in [0.2, 0.25) is 0 Å². The summed E-state index contributed by atoms with van der Waals surface area (Å²) in [5.41, 5.74) is 2.44. The highest BCUT2D eigenvalue weighted by Crippen LogP contribution is 2.37. The second-order valence-corrected chi connectivity index (χ2v) is 11.8. The predicted octanol–water partition coefficient (Wildman–Crippen LogP) is 5.73. The molecule has 0 amide bonds. The first-order valence-electron chi connectivity index (χ1n) is 14.0. The maximum Gasteiger partial charge on any atom is 0.330 e. The molecular weight excluding hydrogens is 534 g/mol. The van der Waals surface area contributed by atoms with Crippen molar-refractivity contribution in [2.45, 2.75) is 108 Å². The van der Waals surface area contributed by atoms with Crippen LogP contribution < -0.4 is 0 Å². The average Bonchev–Trinajstić information content (AvgIpc) is 3.66. The third-order valence-electron chi connectivity index (χ3n) is 7.73. The van der Waals surface area contributed by atoms with Crippen LogP contribution in [-0.4, -0.2) is 61.4 Å². The monoisotopic (exact) mass is 578 g/mol. The van der Waals surface area contributed by atoms with Gasteiger partial charge >= 0.3 is 5.97 Å². The highest BCUT2D eigenvalue weighted by atomic mass is 31.0. The van der Waals surface area contributed by atoms with Crippen LogP contribution in [0.1, 0.15) is 58.8 Å². The summed E-state index contributed by atoms with van der Waals surface area (Å²) in [4.78, 5) is 12.9. The molecule has 216 valence electrons. The third kappa shape index (κ3) is 9.71. The quantitative estimate of drug-likeness (QED) is 0.178. The summed E-state index contributed by atoms with van der Waals surface area (Å²) >= 11 is 0. The van der Waals surface area contributed by atoms with Gasteiger partial charge in [-0.2, -0.15) is 0 Å². The zero-order chi connectivity index (χ0) is 27.8. The van der Waals surface area contributed by atoms with Crippen LogP contribution in [0, 0.1) is 5.92 Å². The van der Waals surface area contributed by atoms with Gasteiger partial charge in [0.15, 0.2) is 0 Å². The molecule has 1 saturated heterocycles. The van der Waals surface area contributed by atoms with Crippen LogP contribution in [0.4, 0.5) is 0 Å². The Morgan fingerprint density at radius 3 is 2.74 bits per heavy atom. The lowest BCUT2D eigenvalue weighted by Crippen LogP contribution is -2.33. The van der Waals surface area contributed by atoms with Gasteiger partial charge in [-0.3, -0.25) is 0 Å². The van der Waals surface area contributed by atoms with Gasteiger partial charge in [0.2, 0.25) is 0 Å². The second-order valence-electron chi connectivity index (χ2n) is 11.2. The Bertz CT molecular complexity index is 961. The fraction of sp³-hybridized carbons (Fsp3) is 0.633. The fourth-order valence-electron chi connectivity index (χ4n) is 5.68. The van der Waals surface area contributed by atoms with Crippen LogP contribution >= 0.6 is 18.9 Å². The first kappa shape index (κ1) is 30.8. The Kier molecular flexibility index (Phi) is 12.0. The van der Waals surface area contributed by atoms with E-state index in [1.165, 1.54) is 11.6 Å². The number of carbonyl (C=O) groups is 1. The van der Waals surface area contributed by atoms with Crippen LogP contribution in [0.5, 0.6) is 0 Å². The third-order valence-corrected chi connectivity index (χ3v) is 8.39. The van der Waals surface area contributed by atoms with Gasteiger partial charge in [-0.25, -0.2) is 4.79 Å². The number of hydrogen-bond donors (Lipinski definition) is 0. The summed E-state index contributed by atoms with van der Waals surface area (Å²) in [6, 6.07) is 0. The SMILES string of the molecule is C=C1CC(OP)[C@@H]2O[C@H]2C[C@@H]([C@H](C=C[C@@H]2CC(C)=CCO2)OP)OC(=O)C=CC[C@@H]2C=CC[C@@H](C[C@@H](C)C1)O2. The Hall–Kier alpha value is -1.17. The van der Waals surface area contributed by atoms with Crippen LogP contribution in [0.15, 0.2) is 60.3 Å². The van der Waals surface area contributed by atoms with Crippen molar-refractivity contribution in [3.8, 4) is 0 Å². The smallest absolute Gasteiger partial charge is 0.330 e. The molecule has 0 aromatic carbocycles. The number of epoxide rings is 1. The number of carbonyl (C=O) groups excluding carboxylic acids is 1. The Balaban J connectivity index is 1.49. The molecule has 3 unspecified atom stereocenters. The highest BCUT2D eigenvalue weighted by Gasteiger charge is 2.47. The normalized spacial score (nSPS) is 37.4. The number of esters is 1. The molecule has 1 fully saturated rings. The van der Waals surface area contributed by atoms with E-state index >= 15 is 0 Å². The van der Waals surface area contributed by atoms with Gasteiger partial charge in [0, 0.05) is 31.4 Å². The molecule has 0 radical (unpaired) electrons. The zero-order valence-corrected chi connectivity index (χ0v) is 25.4. The van der Waals surface area contributed by atoms with Gasteiger partial charge < -0.3 is 28.0 Å². The Morgan fingerprint density at radius 2 is 1.97 bits per heavy atom. The van der Waals surface area contributed by atoms with Gasteiger partial charge in [0.05, 0.1) is 37.1 Å². The molecule has 0 saturated carbocycles. The van der Waals surface area contributed by atoms with Crippen molar-refractivity contribution < 1.29 is 32.8 Å². The number of rotatable bonds is 5. The Labute approximate surface area is 238 Å². The molecule has 7 nitrogen and oxygen atoms in total. The largest absolute Gasteiger partial charge is 0.456 e. The van der Waals surface area contributed by atoms with Crippen molar-refractivity contribution in [2.75, 3.05) is 6.61 Å². The molecule has 4 rings (SSSR count). The minimum Gasteiger partial charge on any atom is -0.456 e. The van der Waals surface area contributed by atoms with Gasteiger partial charge in [-0.15, -0.1) is 0 Å². The van der Waals surface area contributed by atoms with Gasteiger partial charge in [-0.1, -0.05) is 61.1 Å². The number of cyclic esters (lactones) is 1. The van der Waals surface area contributed by atoms with Crippen molar-refractivity contribution in [1.29, 1.82) is 0 Å². The van der Waals surface area contributed by atoms with Crippen molar-refractivity contribution in [1.82, 2.24) is 0 Å². The fourth-order valence-corrected chi connectivity index (χ4v) is 6.19. The Morgan fingerprint density at radius 1 is 1.13 bits per heavy atom. The zero-order valence-electron chi connectivity index (χ0n) is 23.1. The summed E-state index contributed by atoms with van der Waals surface area (Å²) in [5, 5.41) is 0. The van der Waals surface area contributed by atoms with E-state index in [-0.39, 0.29) is 36.6 Å². The molecule has 4 aliphatic heterocycles. The molecule has 0 aromatic rings. The molecule has 39 heavy (non-hydrogen) atoms. The number of hydrogen-bond acceptors (Lipinski definition) is 7. The summed E-state index contributed by atoms with van der Waals surface area (Å²) in [5.74, 6) is 0.0346.